The molecule has 21 nitrogen and oxygen atoms in total. The normalized spacial score (nSPS) is 19.8. The number of nitrogens with one attached hydrogen (secondary N) is 1. The SMILES string of the molecule is CC#CC#CC#CC#CC#CC#CNC(=O)CCC.CCCCCCCCCCCCCCCC(=O)O[C@H](COCO)COP(=O)(O)OC1C(O)[C@H](O)[C@H](OP(=O)(O)O)C(OP(=O)(O)O)[C@@H]1O.[HH].[HH].[HH].[HH].[HH].[HH].[HH].[HH].[HH].[HH].[HH]. The topological polar surface area (TPSA) is 335 Å². The van der Waals surface area contributed by atoms with E-state index in [0.29, 0.717) is 12.8 Å². The van der Waals surface area contributed by atoms with E-state index in [-0.39, 0.29) is 28.0 Å². The highest BCUT2D eigenvalue weighted by Crippen LogP contribution is 2.51. The molecule has 67 heavy (non-hydrogen) atoms. The van der Waals surface area contributed by atoms with Crippen LogP contribution in [-0.4, -0.2) is 120 Å². The van der Waals surface area contributed by atoms with Crippen molar-refractivity contribution in [3.05, 3.63) is 0 Å². The summed E-state index contributed by atoms with van der Waals surface area (Å²) in [7, 11) is -16.4. The van der Waals surface area contributed by atoms with Gasteiger partial charge in [0.05, 0.1) is 13.2 Å². The summed E-state index contributed by atoms with van der Waals surface area (Å²) in [4.78, 5) is 70.1. The number of unbranched alkanes of at least 4 members (excludes halogenated alkanes) is 12. The molecule has 0 aliphatic heterocycles. The maximum Gasteiger partial charge on any atom is 0.472 e. The minimum absolute atomic E-state index is 0. The summed E-state index contributed by atoms with van der Waals surface area (Å²) >= 11 is 0. The first kappa shape index (κ1) is 63.4. The molecule has 0 spiro atoms. The van der Waals surface area contributed by atoms with E-state index < -0.39 is 92.2 Å². The van der Waals surface area contributed by atoms with Crippen molar-refractivity contribution in [3.63, 3.8) is 0 Å². The Kier molecular flexibility index (Phi) is 35.4. The van der Waals surface area contributed by atoms with E-state index in [1.54, 1.807) is 6.92 Å². The number of hydrogen-bond donors (Lipinski definition) is 10. The van der Waals surface area contributed by atoms with Crippen LogP contribution in [0.2, 0.25) is 0 Å². The van der Waals surface area contributed by atoms with Crippen molar-refractivity contribution in [3.8, 4) is 71.2 Å². The largest absolute Gasteiger partial charge is 0.472 e. The van der Waals surface area contributed by atoms with Gasteiger partial charge >= 0.3 is 29.4 Å². The van der Waals surface area contributed by atoms with Crippen LogP contribution in [0, 0.1) is 71.2 Å². The predicted molar refractivity (Wildman–Crippen MR) is 264 cm³/mol. The minimum atomic E-state index is -5.56. The molecule has 0 heterocycles. The lowest BCUT2D eigenvalue weighted by molar-refractivity contribution is -0.213. The first-order valence-electron chi connectivity index (χ1n) is 21.5. The Balaban J connectivity index is -0.000000126. The third kappa shape index (κ3) is 34.4. The van der Waals surface area contributed by atoms with E-state index in [2.05, 4.69) is 92.5 Å². The highest BCUT2D eigenvalue weighted by atomic mass is 31.2. The number of hydrogen-bond acceptors (Lipinski definition) is 15. The van der Waals surface area contributed by atoms with E-state index in [1.165, 1.54) is 51.4 Å². The molecule has 8 atom stereocenters. The van der Waals surface area contributed by atoms with Crippen molar-refractivity contribution in [2.75, 3.05) is 20.0 Å². The average Bonchev–Trinajstić information content (AvgIpc) is 3.25. The van der Waals surface area contributed by atoms with Crippen LogP contribution in [0.1, 0.15) is 139 Å². The number of esters is 1. The molecule has 1 rings (SSSR count). The Bertz CT molecular complexity index is 2050. The lowest BCUT2D eigenvalue weighted by atomic mass is 9.85. The first-order chi connectivity index (χ1) is 31.7. The van der Waals surface area contributed by atoms with E-state index in [0.717, 1.165) is 32.1 Å². The zero-order valence-electron chi connectivity index (χ0n) is 37.8. The second-order valence-electron chi connectivity index (χ2n) is 14.5. The van der Waals surface area contributed by atoms with Crippen LogP contribution in [0.25, 0.3) is 0 Å². The summed E-state index contributed by atoms with van der Waals surface area (Å²) in [5, 5.41) is 42.6. The molecule has 1 amide bonds. The van der Waals surface area contributed by atoms with Gasteiger partial charge in [0.25, 0.3) is 0 Å². The molecule has 10 N–H and O–H groups in total. The van der Waals surface area contributed by atoms with E-state index >= 15 is 0 Å². The molecule has 4 unspecified atom stereocenters. The number of carbonyl (C=O) groups is 2. The molecule has 0 saturated heterocycles. The van der Waals surface area contributed by atoms with Crippen LogP contribution in [0.5, 0.6) is 0 Å². The zero-order chi connectivity index (χ0) is 50.6. The number of aliphatic hydroxyl groups excluding tert-OH is 4. The maximum absolute atomic E-state index is 12.7. The van der Waals surface area contributed by atoms with Gasteiger partial charge in [0, 0.05) is 64.2 Å². The summed E-state index contributed by atoms with van der Waals surface area (Å²) in [6.07, 6.45) is -0.441. The lowest BCUT2D eigenvalue weighted by Gasteiger charge is -2.44. The van der Waals surface area contributed by atoms with Crippen molar-refractivity contribution >= 4 is 35.3 Å². The molecular formula is C43H86NO20P3. The third-order valence-electron chi connectivity index (χ3n) is 8.82. The van der Waals surface area contributed by atoms with Gasteiger partial charge in [0.2, 0.25) is 5.91 Å². The molecule has 24 heteroatoms. The van der Waals surface area contributed by atoms with Gasteiger partial charge in [-0.2, -0.15) is 0 Å². The second-order valence-corrected chi connectivity index (χ2v) is 18.2. The van der Waals surface area contributed by atoms with Gasteiger partial charge in [-0.3, -0.25) is 33.0 Å². The number of carbonyl (C=O) groups excluding carboxylic acids is 2. The average molecular weight is 1030 g/mol. The van der Waals surface area contributed by atoms with Crippen molar-refractivity contribution in [1.82, 2.24) is 5.32 Å². The van der Waals surface area contributed by atoms with Crippen molar-refractivity contribution < 1.29 is 111 Å². The molecule has 0 aromatic carbocycles. The first-order valence-corrected chi connectivity index (χ1v) is 26.0. The summed E-state index contributed by atoms with van der Waals surface area (Å²) in [5.74, 6) is 26.8. The molecular weight excluding hydrogens is 943 g/mol. The number of amides is 1. The quantitative estimate of drug-likeness (QED) is 0.0110. The summed E-state index contributed by atoms with van der Waals surface area (Å²) in [5.41, 5.74) is 0. The number of phosphoric ester groups is 3. The van der Waals surface area contributed by atoms with Crippen LogP contribution in [0.15, 0.2) is 0 Å². The molecule has 0 aromatic heterocycles. The number of aliphatic hydroxyl groups is 4. The minimum Gasteiger partial charge on any atom is -0.457 e. The highest BCUT2D eigenvalue weighted by Gasteiger charge is 2.56. The molecule has 398 valence electrons. The van der Waals surface area contributed by atoms with Crippen LogP contribution in [0.4, 0.5) is 0 Å². The van der Waals surface area contributed by atoms with Gasteiger partial charge in [-0.15, -0.1) is 0 Å². The monoisotopic (exact) mass is 1030 g/mol. The summed E-state index contributed by atoms with van der Waals surface area (Å²) in [6, 6.07) is 2.43. The van der Waals surface area contributed by atoms with Crippen LogP contribution < -0.4 is 5.32 Å². The van der Waals surface area contributed by atoms with Gasteiger partial charge in [-0.05, 0) is 49.4 Å². The van der Waals surface area contributed by atoms with Crippen LogP contribution >= 0.6 is 23.5 Å². The Morgan fingerprint density at radius 3 is 1.49 bits per heavy atom. The summed E-state index contributed by atoms with van der Waals surface area (Å²) in [6.45, 7) is 3.67. The fourth-order valence-electron chi connectivity index (χ4n) is 5.78. The Labute approximate surface area is 409 Å². The predicted octanol–water partition coefficient (Wildman–Crippen LogP) is 5.51. The maximum atomic E-state index is 12.7. The van der Waals surface area contributed by atoms with Crippen LogP contribution in [-0.2, 0) is 50.9 Å². The standard InChI is InChI=1S/C26H53O19P3.C17H11NO.11H2/c1-2-3-4-5-6-7-8-9-10-11-12-13-14-15-20(28)42-19(16-40-18-27)17-41-48(38,39)45-24-21(29)22(30)25(43-46(32,33)34)26(23(24)31)44-47(35,36)37;1-3-5-6-7-8-9-10-11-12-13-14-16-18-17(19)15-4-2;;;;;;;;;;;/h19,21-27,29-31H,2-18H2,1H3,(H,38,39)(H2,32,33,34)(H2,35,36,37);4,15H2,1-2H3,(H,18,19);11*1H/t19-,21?,22+,23-,24?,25+,26?;;;;;;;;;;;;/m1............/s1. The summed E-state index contributed by atoms with van der Waals surface area (Å²) < 4.78 is 63.4. The van der Waals surface area contributed by atoms with Crippen molar-refractivity contribution in [1.29, 1.82) is 0 Å². The molecule has 0 radical (unpaired) electrons. The Morgan fingerprint density at radius 2 is 1.03 bits per heavy atom. The highest BCUT2D eigenvalue weighted by molar-refractivity contribution is 7.47. The molecule has 0 bridgehead atoms. The van der Waals surface area contributed by atoms with Gasteiger partial charge < -0.3 is 54.4 Å². The van der Waals surface area contributed by atoms with E-state index in [9.17, 15) is 43.5 Å². The smallest absolute Gasteiger partial charge is 0.457 e. The third-order valence-corrected chi connectivity index (χ3v) is 10.8. The molecule has 1 aliphatic carbocycles. The molecule has 0 aromatic rings. The number of ether oxygens (including phenoxy) is 2. The molecule has 1 fully saturated rings. The zero-order valence-corrected chi connectivity index (χ0v) is 40.5. The van der Waals surface area contributed by atoms with Crippen molar-refractivity contribution in [2.45, 2.75) is 166 Å². The number of phosphoric acid groups is 3. The molecule has 1 saturated carbocycles. The van der Waals surface area contributed by atoms with Gasteiger partial charge in [-0.25, -0.2) is 13.7 Å². The van der Waals surface area contributed by atoms with E-state index in [4.69, 9.17) is 43.2 Å². The second kappa shape index (κ2) is 37.3. The number of rotatable bonds is 29. The van der Waals surface area contributed by atoms with Gasteiger partial charge in [0.15, 0.2) is 0 Å². The van der Waals surface area contributed by atoms with Gasteiger partial charge in [-0.1, -0.05) is 96.8 Å². The van der Waals surface area contributed by atoms with E-state index in [1.807, 2.05) is 6.92 Å². The van der Waals surface area contributed by atoms with Crippen molar-refractivity contribution in [2.24, 2.45) is 0 Å². The van der Waals surface area contributed by atoms with Gasteiger partial charge in [0.1, 0.15) is 49.5 Å². The fourth-order valence-corrected chi connectivity index (χ4v) is 7.88. The Hall–Kier alpha value is -3.57. The lowest BCUT2D eigenvalue weighted by Crippen LogP contribution is -2.65. The fraction of sp³-hybridized carbons (Fsp3) is 0.674. The van der Waals surface area contributed by atoms with Crippen LogP contribution in [0.3, 0.4) is 0 Å². The molecule has 1 aliphatic rings. The Morgan fingerprint density at radius 1 is 0.582 bits per heavy atom.